The highest BCUT2D eigenvalue weighted by Gasteiger charge is 2.66. The molecule has 0 saturated carbocycles. The second kappa shape index (κ2) is 9.72. The fraction of sp³-hybridized carbons (Fsp3) is 0.321. The zero-order valence-corrected chi connectivity index (χ0v) is 20.1. The first-order valence-corrected chi connectivity index (χ1v) is 12.2. The SMILES string of the molecule is C=CCN1C(=O)C2(/C(=C(/O)c3ccccc3)C(=O)C(=O)N2CCCN2CCOCC2)c2ccccc21. The van der Waals surface area contributed by atoms with E-state index in [0.717, 1.165) is 13.1 Å². The number of aliphatic hydroxyl groups excluding tert-OH is 1. The highest BCUT2D eigenvalue weighted by Crippen LogP contribution is 2.53. The van der Waals surface area contributed by atoms with Crippen molar-refractivity contribution in [3.63, 3.8) is 0 Å². The Morgan fingerprint density at radius 1 is 1.00 bits per heavy atom. The molecule has 0 aliphatic carbocycles. The number of hydrogen-bond acceptors (Lipinski definition) is 6. The summed E-state index contributed by atoms with van der Waals surface area (Å²) in [6, 6.07) is 15.7. The van der Waals surface area contributed by atoms with Gasteiger partial charge < -0.3 is 19.6 Å². The lowest BCUT2D eigenvalue weighted by atomic mass is 9.82. The second-order valence-electron chi connectivity index (χ2n) is 9.12. The van der Waals surface area contributed by atoms with Crippen LogP contribution in [0.5, 0.6) is 0 Å². The number of morpholine rings is 1. The predicted molar refractivity (Wildman–Crippen MR) is 135 cm³/mol. The molecule has 1 N–H and O–H groups in total. The molecule has 1 unspecified atom stereocenters. The number of aliphatic hydroxyl groups is 1. The minimum atomic E-state index is -1.74. The number of para-hydroxylation sites is 1. The van der Waals surface area contributed by atoms with Gasteiger partial charge in [-0.3, -0.25) is 19.3 Å². The van der Waals surface area contributed by atoms with E-state index in [1.165, 1.54) is 9.80 Å². The summed E-state index contributed by atoms with van der Waals surface area (Å²) in [5.74, 6) is -2.43. The average Bonchev–Trinajstić information content (AvgIpc) is 3.29. The van der Waals surface area contributed by atoms with Gasteiger partial charge in [-0.15, -0.1) is 6.58 Å². The molecule has 8 heteroatoms. The Labute approximate surface area is 210 Å². The molecule has 2 amide bonds. The largest absolute Gasteiger partial charge is 0.507 e. The van der Waals surface area contributed by atoms with Crippen molar-refractivity contribution in [2.45, 2.75) is 12.0 Å². The Bertz CT molecular complexity index is 1230. The normalized spacial score (nSPS) is 23.5. The van der Waals surface area contributed by atoms with Crippen molar-refractivity contribution >= 4 is 29.0 Å². The first-order chi connectivity index (χ1) is 17.5. The predicted octanol–water partition coefficient (Wildman–Crippen LogP) is 2.52. The maximum atomic E-state index is 14.2. The molecular formula is C28H29N3O5. The summed E-state index contributed by atoms with van der Waals surface area (Å²) in [6.45, 7) is 7.79. The number of ketones is 1. The quantitative estimate of drug-likeness (QED) is 0.279. The van der Waals surface area contributed by atoms with Crippen LogP contribution in [-0.4, -0.2) is 78.4 Å². The van der Waals surface area contributed by atoms with Gasteiger partial charge in [0, 0.05) is 43.9 Å². The highest BCUT2D eigenvalue weighted by molar-refractivity contribution is 6.50. The minimum absolute atomic E-state index is 0.186. The van der Waals surface area contributed by atoms with Gasteiger partial charge in [0.2, 0.25) is 0 Å². The van der Waals surface area contributed by atoms with Crippen LogP contribution in [0.3, 0.4) is 0 Å². The summed E-state index contributed by atoms with van der Waals surface area (Å²) in [5.41, 5.74) is -0.440. The maximum absolute atomic E-state index is 14.2. The van der Waals surface area contributed by atoms with Crippen LogP contribution in [0.1, 0.15) is 17.5 Å². The molecule has 3 heterocycles. The van der Waals surface area contributed by atoms with E-state index in [9.17, 15) is 19.5 Å². The number of Topliss-reactive ketones (excluding diaryl/α,β-unsaturated/α-hetero) is 1. The van der Waals surface area contributed by atoms with Gasteiger partial charge in [0.1, 0.15) is 5.76 Å². The smallest absolute Gasteiger partial charge is 0.296 e. The van der Waals surface area contributed by atoms with Crippen LogP contribution in [0.25, 0.3) is 5.76 Å². The minimum Gasteiger partial charge on any atom is -0.507 e. The average molecular weight is 488 g/mol. The van der Waals surface area contributed by atoms with Crippen LogP contribution in [0, 0.1) is 0 Å². The molecule has 1 spiro atoms. The van der Waals surface area contributed by atoms with E-state index in [4.69, 9.17) is 4.74 Å². The van der Waals surface area contributed by atoms with Crippen LogP contribution >= 0.6 is 0 Å². The molecule has 0 bridgehead atoms. The Hall–Kier alpha value is -3.75. The molecule has 5 rings (SSSR count). The number of rotatable bonds is 7. The number of ether oxygens (including phenoxy) is 1. The van der Waals surface area contributed by atoms with Gasteiger partial charge in [0.25, 0.3) is 17.6 Å². The van der Waals surface area contributed by atoms with E-state index in [-0.39, 0.29) is 24.4 Å². The van der Waals surface area contributed by atoms with Crippen molar-refractivity contribution in [1.29, 1.82) is 0 Å². The lowest BCUT2D eigenvalue weighted by molar-refractivity contribution is -0.143. The molecule has 186 valence electrons. The number of nitrogens with zero attached hydrogens (tertiary/aromatic N) is 3. The second-order valence-corrected chi connectivity index (χ2v) is 9.12. The Balaban J connectivity index is 1.65. The van der Waals surface area contributed by atoms with Gasteiger partial charge in [-0.1, -0.05) is 54.6 Å². The number of likely N-dealkylation sites (tertiary alicyclic amines) is 1. The number of amides is 2. The number of carbonyl (C=O) groups is 3. The first-order valence-electron chi connectivity index (χ1n) is 12.2. The van der Waals surface area contributed by atoms with Gasteiger partial charge in [-0.2, -0.15) is 0 Å². The lowest BCUT2D eigenvalue weighted by Crippen LogP contribution is -2.52. The maximum Gasteiger partial charge on any atom is 0.296 e. The Morgan fingerprint density at radius 3 is 2.42 bits per heavy atom. The van der Waals surface area contributed by atoms with E-state index in [0.29, 0.717) is 43.0 Å². The molecule has 8 nitrogen and oxygen atoms in total. The molecule has 1 atom stereocenters. The third-order valence-corrected chi connectivity index (χ3v) is 7.13. The number of anilines is 1. The van der Waals surface area contributed by atoms with Crippen molar-refractivity contribution in [3.8, 4) is 0 Å². The summed E-state index contributed by atoms with van der Waals surface area (Å²) in [7, 11) is 0. The monoisotopic (exact) mass is 487 g/mol. The first kappa shape index (κ1) is 24.0. The summed E-state index contributed by atoms with van der Waals surface area (Å²) in [5, 5.41) is 11.4. The number of fused-ring (bicyclic) bond motifs is 2. The molecule has 2 fully saturated rings. The highest BCUT2D eigenvalue weighted by atomic mass is 16.5. The molecule has 0 radical (unpaired) electrons. The van der Waals surface area contributed by atoms with Gasteiger partial charge in [0.05, 0.1) is 24.5 Å². The van der Waals surface area contributed by atoms with E-state index in [1.807, 2.05) is 6.07 Å². The fourth-order valence-corrected chi connectivity index (χ4v) is 5.49. The van der Waals surface area contributed by atoms with E-state index < -0.39 is 23.1 Å². The summed E-state index contributed by atoms with van der Waals surface area (Å²) >= 11 is 0. The van der Waals surface area contributed by atoms with Crippen LogP contribution < -0.4 is 4.90 Å². The topological polar surface area (TPSA) is 90.4 Å². The Morgan fingerprint density at radius 2 is 1.69 bits per heavy atom. The zero-order chi connectivity index (χ0) is 25.3. The van der Waals surface area contributed by atoms with Gasteiger partial charge in [-0.05, 0) is 12.5 Å². The molecular weight excluding hydrogens is 458 g/mol. The standard InChI is InChI=1S/C28H29N3O5/c1-2-13-30-22-12-7-6-11-21(22)28(27(30)35)23(24(32)20-9-4-3-5-10-20)25(33)26(34)31(28)15-8-14-29-16-18-36-19-17-29/h2-7,9-12,32H,1,8,13-19H2/b24-23+. The summed E-state index contributed by atoms with van der Waals surface area (Å²) in [6.07, 6.45) is 2.17. The summed E-state index contributed by atoms with van der Waals surface area (Å²) in [4.78, 5) is 46.5. The number of benzene rings is 2. The molecule has 2 saturated heterocycles. The molecule has 3 aliphatic heterocycles. The molecule has 2 aromatic carbocycles. The lowest BCUT2D eigenvalue weighted by Gasteiger charge is -2.35. The van der Waals surface area contributed by atoms with Crippen molar-refractivity contribution in [2.24, 2.45) is 0 Å². The van der Waals surface area contributed by atoms with Gasteiger partial charge in [0.15, 0.2) is 5.54 Å². The third kappa shape index (κ3) is 3.65. The number of hydrogen-bond donors (Lipinski definition) is 1. The zero-order valence-electron chi connectivity index (χ0n) is 20.1. The summed E-state index contributed by atoms with van der Waals surface area (Å²) < 4.78 is 5.41. The molecule has 2 aromatic rings. The molecule has 3 aliphatic rings. The van der Waals surface area contributed by atoms with E-state index in [2.05, 4.69) is 11.5 Å². The third-order valence-electron chi connectivity index (χ3n) is 7.13. The Kier molecular flexibility index (Phi) is 6.47. The number of carbonyl (C=O) groups excluding carboxylic acids is 3. The van der Waals surface area contributed by atoms with E-state index in [1.54, 1.807) is 54.6 Å². The molecule has 36 heavy (non-hydrogen) atoms. The van der Waals surface area contributed by atoms with Gasteiger partial charge in [-0.25, -0.2) is 0 Å². The van der Waals surface area contributed by atoms with Crippen LogP contribution in [-0.2, 0) is 24.7 Å². The van der Waals surface area contributed by atoms with E-state index >= 15 is 0 Å². The van der Waals surface area contributed by atoms with Crippen molar-refractivity contribution < 1.29 is 24.2 Å². The van der Waals surface area contributed by atoms with Crippen molar-refractivity contribution in [1.82, 2.24) is 9.80 Å². The molecule has 0 aromatic heterocycles. The van der Waals surface area contributed by atoms with Crippen molar-refractivity contribution in [3.05, 3.63) is 84.0 Å². The van der Waals surface area contributed by atoms with Crippen molar-refractivity contribution in [2.75, 3.05) is 50.8 Å². The van der Waals surface area contributed by atoms with Gasteiger partial charge >= 0.3 is 0 Å². The van der Waals surface area contributed by atoms with Crippen LogP contribution in [0.15, 0.2) is 72.8 Å². The van der Waals surface area contributed by atoms with Crippen LogP contribution in [0.4, 0.5) is 5.69 Å². The fourth-order valence-electron chi connectivity index (χ4n) is 5.49. The van der Waals surface area contributed by atoms with Crippen LogP contribution in [0.2, 0.25) is 0 Å².